The van der Waals surface area contributed by atoms with Gasteiger partial charge in [0.15, 0.2) is 0 Å². The van der Waals surface area contributed by atoms with E-state index in [-0.39, 0.29) is 24.0 Å². The largest absolute Gasteiger partial charge is 0.475 e. The average Bonchev–Trinajstić information content (AvgIpc) is 3.08. The Morgan fingerprint density at radius 2 is 2.16 bits per heavy atom. The summed E-state index contributed by atoms with van der Waals surface area (Å²) in [6, 6.07) is 0. The first kappa shape index (κ1) is 19.0. The van der Waals surface area contributed by atoms with E-state index in [2.05, 4.69) is 15.5 Å². The van der Waals surface area contributed by atoms with E-state index in [1.54, 1.807) is 11.6 Å². The van der Waals surface area contributed by atoms with Crippen LogP contribution in [0.5, 0.6) is 5.88 Å². The first-order valence-electron chi connectivity index (χ1n) is 7.24. The molecule has 2 heterocycles. The smallest absolute Gasteiger partial charge is 0.350 e. The molecule has 25 heavy (non-hydrogen) atoms. The molecule has 1 amide bonds. The van der Waals surface area contributed by atoms with Crippen molar-refractivity contribution in [1.29, 1.82) is 0 Å². The molecule has 2 aromatic rings. The topological polar surface area (TPSA) is 117 Å². The minimum Gasteiger partial charge on any atom is -0.475 e. The Morgan fingerprint density at radius 1 is 1.44 bits per heavy atom. The van der Waals surface area contributed by atoms with Crippen molar-refractivity contribution in [3.05, 3.63) is 32.2 Å². The van der Waals surface area contributed by atoms with E-state index in [1.807, 2.05) is 0 Å². The van der Waals surface area contributed by atoms with E-state index in [0.29, 0.717) is 35.4 Å². The van der Waals surface area contributed by atoms with Gasteiger partial charge in [0.25, 0.3) is 0 Å². The summed E-state index contributed by atoms with van der Waals surface area (Å²) in [6.07, 6.45) is 1.73. The van der Waals surface area contributed by atoms with E-state index < -0.39 is 4.92 Å². The first-order chi connectivity index (χ1) is 11.8. The number of nitrogens with one attached hydrogen (secondary N) is 1. The second kappa shape index (κ2) is 8.17. The van der Waals surface area contributed by atoms with E-state index in [0.717, 1.165) is 10.9 Å². The number of hydrogen-bond donors (Lipinski definition) is 1. The van der Waals surface area contributed by atoms with Gasteiger partial charge in [-0.2, -0.15) is 5.10 Å². The maximum atomic E-state index is 11.9. The highest BCUT2D eigenvalue weighted by molar-refractivity contribution is 6.41. The van der Waals surface area contributed by atoms with Crippen molar-refractivity contribution in [2.45, 2.75) is 26.4 Å². The predicted octanol–water partition coefficient (Wildman–Crippen LogP) is 1.82. The van der Waals surface area contributed by atoms with Crippen molar-refractivity contribution in [2.75, 3.05) is 13.7 Å². The maximum absolute atomic E-state index is 11.9. The van der Waals surface area contributed by atoms with Crippen LogP contribution in [0.25, 0.3) is 0 Å². The molecule has 0 aliphatic rings. The highest BCUT2D eigenvalue weighted by atomic mass is 35.5. The predicted molar refractivity (Wildman–Crippen MR) is 90.0 cm³/mol. The molecule has 12 heteroatoms. The lowest BCUT2D eigenvalue weighted by Crippen LogP contribution is -2.29. The molecule has 0 aromatic carbocycles. The molecule has 0 fully saturated rings. The standard InChI is InChI=1S/C13H16Cl2N6O4/c1-8-11(14)12(15)20(17-8)5-3-4-16-10(22)7-19-6-9(21(23)24)13(18-19)25-2/h6H,3-5,7H2,1-2H3,(H,16,22). The second-order valence-corrected chi connectivity index (χ2v) is 5.83. The Balaban J connectivity index is 1.81. The molecule has 0 aliphatic heterocycles. The fourth-order valence-corrected chi connectivity index (χ4v) is 2.48. The zero-order valence-corrected chi connectivity index (χ0v) is 15.0. The molecule has 0 saturated carbocycles. The third-order valence-corrected chi connectivity index (χ3v) is 4.20. The lowest BCUT2D eigenvalue weighted by Gasteiger charge is -2.06. The zero-order valence-electron chi connectivity index (χ0n) is 13.5. The molecule has 136 valence electrons. The minimum atomic E-state index is -0.624. The quantitative estimate of drug-likeness (QED) is 0.417. The fraction of sp³-hybridized carbons (Fsp3) is 0.462. The molecule has 0 atom stereocenters. The Bertz CT molecular complexity index is 788. The fourth-order valence-electron chi connectivity index (χ4n) is 2.08. The Hall–Kier alpha value is -2.33. The van der Waals surface area contributed by atoms with Gasteiger partial charge in [-0.15, -0.1) is 5.10 Å². The van der Waals surface area contributed by atoms with Crippen LogP contribution in [0.2, 0.25) is 10.2 Å². The van der Waals surface area contributed by atoms with Gasteiger partial charge in [-0.1, -0.05) is 23.2 Å². The van der Waals surface area contributed by atoms with Crippen molar-refractivity contribution in [3.63, 3.8) is 0 Å². The van der Waals surface area contributed by atoms with Gasteiger partial charge in [-0.3, -0.25) is 24.3 Å². The Labute approximate surface area is 152 Å². The minimum absolute atomic E-state index is 0.140. The van der Waals surface area contributed by atoms with Crippen LogP contribution in [0.1, 0.15) is 12.1 Å². The van der Waals surface area contributed by atoms with Gasteiger partial charge in [0, 0.05) is 13.1 Å². The van der Waals surface area contributed by atoms with Crippen LogP contribution in [-0.4, -0.2) is 44.0 Å². The highest BCUT2D eigenvalue weighted by Crippen LogP contribution is 2.25. The van der Waals surface area contributed by atoms with Gasteiger partial charge in [0.2, 0.25) is 5.91 Å². The molecule has 0 spiro atoms. The van der Waals surface area contributed by atoms with Crippen molar-refractivity contribution < 1.29 is 14.5 Å². The number of ether oxygens (including phenoxy) is 1. The van der Waals surface area contributed by atoms with Crippen LogP contribution in [0.3, 0.4) is 0 Å². The number of halogens is 2. The van der Waals surface area contributed by atoms with E-state index in [9.17, 15) is 14.9 Å². The van der Waals surface area contributed by atoms with Crippen LogP contribution in [0.4, 0.5) is 5.69 Å². The summed E-state index contributed by atoms with van der Waals surface area (Å²) >= 11 is 12.0. The number of hydrogen-bond acceptors (Lipinski definition) is 6. The molecule has 10 nitrogen and oxygen atoms in total. The molecule has 2 aromatic heterocycles. The summed E-state index contributed by atoms with van der Waals surface area (Å²) in [5.74, 6) is -0.473. The van der Waals surface area contributed by atoms with E-state index >= 15 is 0 Å². The molecule has 2 rings (SSSR count). The summed E-state index contributed by atoms with van der Waals surface area (Å²) < 4.78 is 7.52. The maximum Gasteiger partial charge on any atom is 0.350 e. The summed E-state index contributed by atoms with van der Waals surface area (Å²) in [6.45, 7) is 2.47. The molecule has 0 saturated heterocycles. The van der Waals surface area contributed by atoms with Gasteiger partial charge in [-0.25, -0.2) is 0 Å². The van der Waals surface area contributed by atoms with Crippen LogP contribution in [0, 0.1) is 17.0 Å². The van der Waals surface area contributed by atoms with Crippen LogP contribution in [-0.2, 0) is 17.9 Å². The molecule has 1 N–H and O–H groups in total. The number of carbonyl (C=O) groups is 1. The molecule has 0 radical (unpaired) electrons. The number of rotatable bonds is 8. The third kappa shape index (κ3) is 4.60. The Kier molecular flexibility index (Phi) is 6.21. The number of aryl methyl sites for hydroxylation is 2. The van der Waals surface area contributed by atoms with Gasteiger partial charge >= 0.3 is 11.6 Å². The number of nitrogens with zero attached hydrogens (tertiary/aromatic N) is 5. The van der Waals surface area contributed by atoms with Crippen LogP contribution in [0.15, 0.2) is 6.20 Å². The van der Waals surface area contributed by atoms with Crippen molar-refractivity contribution in [2.24, 2.45) is 0 Å². The van der Waals surface area contributed by atoms with Gasteiger partial charge in [0.05, 0.1) is 17.7 Å². The third-order valence-electron chi connectivity index (χ3n) is 3.27. The molecular formula is C13H16Cl2N6O4. The number of carbonyl (C=O) groups excluding carboxylic acids is 1. The molecule has 0 bridgehead atoms. The van der Waals surface area contributed by atoms with Crippen molar-refractivity contribution in [1.82, 2.24) is 24.9 Å². The lowest BCUT2D eigenvalue weighted by atomic mass is 10.4. The van der Waals surface area contributed by atoms with Crippen LogP contribution >= 0.6 is 23.2 Å². The van der Waals surface area contributed by atoms with Gasteiger partial charge < -0.3 is 10.1 Å². The molecular weight excluding hydrogens is 375 g/mol. The average molecular weight is 391 g/mol. The normalized spacial score (nSPS) is 10.7. The molecule has 0 aliphatic carbocycles. The Morgan fingerprint density at radius 3 is 2.68 bits per heavy atom. The summed E-state index contributed by atoms with van der Waals surface area (Å²) in [5.41, 5.74) is 0.348. The van der Waals surface area contributed by atoms with E-state index in [1.165, 1.54) is 7.11 Å². The first-order valence-corrected chi connectivity index (χ1v) is 8.00. The number of nitro groups is 1. The number of methoxy groups -OCH3 is 1. The monoisotopic (exact) mass is 390 g/mol. The summed E-state index contributed by atoms with van der Waals surface area (Å²) in [5, 5.41) is 22.3. The van der Waals surface area contributed by atoms with Gasteiger partial charge in [-0.05, 0) is 13.3 Å². The summed E-state index contributed by atoms with van der Waals surface area (Å²) in [7, 11) is 1.27. The van der Waals surface area contributed by atoms with Crippen molar-refractivity contribution in [3.8, 4) is 5.88 Å². The SMILES string of the molecule is COc1nn(CC(=O)NCCCn2nc(C)c(Cl)c2Cl)cc1[N+](=O)[O-]. The van der Waals surface area contributed by atoms with Crippen LogP contribution < -0.4 is 10.1 Å². The van der Waals surface area contributed by atoms with Gasteiger partial charge in [0.1, 0.15) is 22.9 Å². The van der Waals surface area contributed by atoms with E-state index in [4.69, 9.17) is 27.9 Å². The zero-order chi connectivity index (χ0) is 18.6. The highest BCUT2D eigenvalue weighted by Gasteiger charge is 2.21. The van der Waals surface area contributed by atoms with Crippen molar-refractivity contribution >= 4 is 34.8 Å². The number of amides is 1. The molecule has 0 unspecified atom stereocenters. The second-order valence-electron chi connectivity index (χ2n) is 5.10. The number of aromatic nitrogens is 4. The summed E-state index contributed by atoms with van der Waals surface area (Å²) in [4.78, 5) is 22.1. The lowest BCUT2D eigenvalue weighted by molar-refractivity contribution is -0.385.